The molecule has 2 aromatic rings. The first-order chi connectivity index (χ1) is 13.5. The van der Waals surface area contributed by atoms with Crippen LogP contribution in [0.3, 0.4) is 0 Å². The average Bonchev–Trinajstić information content (AvgIpc) is 3.03. The van der Waals surface area contributed by atoms with E-state index in [1.807, 2.05) is 30.3 Å². The van der Waals surface area contributed by atoms with Gasteiger partial charge in [0.1, 0.15) is 0 Å². The molecule has 0 radical (unpaired) electrons. The Morgan fingerprint density at radius 3 is 2.43 bits per heavy atom. The Balaban J connectivity index is 1.67. The summed E-state index contributed by atoms with van der Waals surface area (Å²) in [5, 5.41) is 13.6. The van der Waals surface area contributed by atoms with Gasteiger partial charge < -0.3 is 20.1 Å². The third kappa shape index (κ3) is 3.00. The van der Waals surface area contributed by atoms with Crippen molar-refractivity contribution in [2.75, 3.05) is 18.5 Å². The first-order valence-electron chi connectivity index (χ1n) is 8.88. The minimum atomic E-state index is -1.15. The Morgan fingerprint density at radius 2 is 1.79 bits per heavy atom. The van der Waals surface area contributed by atoms with E-state index in [2.05, 4.69) is 5.32 Å². The number of carboxylic acids is 1. The van der Waals surface area contributed by atoms with E-state index >= 15 is 0 Å². The van der Waals surface area contributed by atoms with Crippen molar-refractivity contribution < 1.29 is 19.5 Å². The van der Waals surface area contributed by atoms with Crippen molar-refractivity contribution in [1.29, 1.82) is 0 Å². The number of carboxylic acid groups (broad SMARTS) is 1. The van der Waals surface area contributed by atoms with Crippen LogP contribution in [0, 0.1) is 0 Å². The van der Waals surface area contributed by atoms with Crippen LogP contribution in [0.25, 0.3) is 0 Å². The second kappa shape index (κ2) is 6.84. The van der Waals surface area contributed by atoms with Gasteiger partial charge in [-0.25, -0.2) is 4.79 Å². The summed E-state index contributed by atoms with van der Waals surface area (Å²) in [5.41, 5.74) is 3.31. The van der Waals surface area contributed by atoms with E-state index in [-0.39, 0.29) is 24.9 Å². The molecule has 2 aromatic carbocycles. The predicted octanol–water partition coefficient (Wildman–Crippen LogP) is 0.976. The fourth-order valence-corrected chi connectivity index (χ4v) is 3.63. The largest absolute Gasteiger partial charge is 0.550 e. The summed E-state index contributed by atoms with van der Waals surface area (Å²) in [5.74, 6) is -1.33. The average molecular weight is 376 g/mol. The molecule has 142 valence electrons. The molecule has 2 aliphatic rings. The number of carbonyl (C=O) groups is 3. The molecule has 1 atom stereocenters. The van der Waals surface area contributed by atoms with Gasteiger partial charge >= 0.3 is 6.03 Å². The zero-order chi connectivity index (χ0) is 19.8. The number of amides is 3. The molecule has 7 heteroatoms. The number of anilines is 1. The van der Waals surface area contributed by atoms with E-state index in [0.29, 0.717) is 22.5 Å². The van der Waals surface area contributed by atoms with Crippen LogP contribution in [0.15, 0.2) is 65.9 Å². The van der Waals surface area contributed by atoms with Gasteiger partial charge in [0.05, 0.1) is 23.9 Å². The summed E-state index contributed by atoms with van der Waals surface area (Å²) < 4.78 is 0. The highest BCUT2D eigenvalue weighted by Crippen LogP contribution is 2.37. The molecule has 0 spiro atoms. The van der Waals surface area contributed by atoms with Crippen molar-refractivity contribution in [2.45, 2.75) is 12.5 Å². The van der Waals surface area contributed by atoms with Gasteiger partial charge in [0.2, 0.25) is 0 Å². The fourth-order valence-electron chi connectivity index (χ4n) is 3.63. The number of nitrogens with zero attached hydrogens (tertiary/aromatic N) is 2. The van der Waals surface area contributed by atoms with Gasteiger partial charge in [0.25, 0.3) is 5.91 Å². The summed E-state index contributed by atoms with van der Waals surface area (Å²) in [6.07, 6.45) is -0.180. The lowest BCUT2D eigenvalue weighted by Gasteiger charge is -2.31. The number of carbonyl (C=O) groups excluding carboxylic acids is 3. The van der Waals surface area contributed by atoms with Gasteiger partial charge in [-0.05, 0) is 23.3 Å². The summed E-state index contributed by atoms with van der Waals surface area (Å²) in [4.78, 5) is 39.4. The number of benzene rings is 2. The van der Waals surface area contributed by atoms with E-state index in [4.69, 9.17) is 0 Å². The molecule has 4 rings (SSSR count). The topological polar surface area (TPSA) is 92.8 Å². The van der Waals surface area contributed by atoms with Crippen LogP contribution in [0.4, 0.5) is 10.5 Å². The molecule has 0 aliphatic carbocycles. The molecule has 7 nitrogen and oxygen atoms in total. The zero-order valence-corrected chi connectivity index (χ0v) is 15.2. The number of urea groups is 1. The van der Waals surface area contributed by atoms with Gasteiger partial charge in [0, 0.05) is 25.1 Å². The van der Waals surface area contributed by atoms with Crippen LogP contribution < -0.4 is 15.3 Å². The van der Waals surface area contributed by atoms with Crippen LogP contribution in [0.2, 0.25) is 0 Å². The van der Waals surface area contributed by atoms with Crippen LogP contribution in [0.1, 0.15) is 17.2 Å². The molecular formula is C21H18N3O4-. The van der Waals surface area contributed by atoms with Crippen molar-refractivity contribution in [3.05, 3.63) is 77.0 Å². The summed E-state index contributed by atoms with van der Waals surface area (Å²) >= 11 is 0. The molecule has 0 fully saturated rings. The van der Waals surface area contributed by atoms with Gasteiger partial charge in [-0.1, -0.05) is 42.5 Å². The van der Waals surface area contributed by atoms with Crippen molar-refractivity contribution in [3.63, 3.8) is 0 Å². The first kappa shape index (κ1) is 17.8. The van der Waals surface area contributed by atoms with Crippen LogP contribution in [-0.4, -0.2) is 36.4 Å². The number of hydrogen-bond donors (Lipinski definition) is 1. The zero-order valence-electron chi connectivity index (χ0n) is 15.2. The van der Waals surface area contributed by atoms with Crippen molar-refractivity contribution in [3.8, 4) is 0 Å². The molecule has 28 heavy (non-hydrogen) atoms. The maximum atomic E-state index is 13.2. The van der Waals surface area contributed by atoms with E-state index < -0.39 is 12.0 Å². The number of likely N-dealkylation sites (N-methyl/N-ethyl adjacent to an activating group) is 1. The van der Waals surface area contributed by atoms with Gasteiger partial charge in [0.15, 0.2) is 0 Å². The normalized spacial score (nSPS) is 19.0. The molecule has 0 unspecified atom stereocenters. The van der Waals surface area contributed by atoms with Gasteiger partial charge in [-0.15, -0.1) is 0 Å². The molecule has 2 aliphatic heterocycles. The molecule has 0 aromatic heterocycles. The molecular weight excluding hydrogens is 358 g/mol. The molecule has 0 bridgehead atoms. The van der Waals surface area contributed by atoms with Crippen molar-refractivity contribution in [2.24, 2.45) is 0 Å². The SMILES string of the molecule is CN1C(=O)N[C@H](c2ccccc2)C2=C1CN(c1ccc(CC(=O)[O-])cc1)C2=O. The van der Waals surface area contributed by atoms with Crippen LogP contribution in [-0.2, 0) is 16.0 Å². The Morgan fingerprint density at radius 1 is 1.11 bits per heavy atom. The highest BCUT2D eigenvalue weighted by molar-refractivity contribution is 6.11. The standard InChI is InChI=1S/C21H19N3O4/c1-23-16-12-24(15-9-7-13(8-10-15)11-17(25)26)20(27)18(16)19(22-21(23)28)14-5-3-2-4-6-14/h2-10,19H,11-12H2,1H3,(H,22,28)(H,25,26)/p-1/t19-/m1/s1. The number of aliphatic carboxylic acids is 1. The lowest BCUT2D eigenvalue weighted by molar-refractivity contribution is -0.304. The fraction of sp³-hybridized carbons (Fsp3) is 0.190. The lowest BCUT2D eigenvalue weighted by atomic mass is 9.96. The maximum Gasteiger partial charge on any atom is 0.322 e. The molecule has 2 heterocycles. The summed E-state index contributed by atoms with van der Waals surface area (Å²) in [6, 6.07) is 15.4. The second-order valence-electron chi connectivity index (χ2n) is 6.82. The summed E-state index contributed by atoms with van der Waals surface area (Å²) in [6.45, 7) is 0.279. The lowest BCUT2D eigenvalue weighted by Crippen LogP contribution is -2.45. The van der Waals surface area contributed by atoms with Crippen molar-refractivity contribution in [1.82, 2.24) is 10.2 Å². The third-order valence-corrected chi connectivity index (χ3v) is 5.09. The molecule has 3 amide bonds. The highest BCUT2D eigenvalue weighted by Gasteiger charge is 2.43. The first-order valence-corrected chi connectivity index (χ1v) is 8.88. The Hall–Kier alpha value is -3.61. The number of rotatable bonds is 4. The summed E-state index contributed by atoms with van der Waals surface area (Å²) in [7, 11) is 1.64. The van der Waals surface area contributed by atoms with Crippen LogP contribution >= 0.6 is 0 Å². The minimum Gasteiger partial charge on any atom is -0.550 e. The van der Waals surface area contributed by atoms with Gasteiger partial charge in [-0.2, -0.15) is 0 Å². The molecule has 1 N–H and O–H groups in total. The van der Waals surface area contributed by atoms with E-state index in [1.54, 1.807) is 36.2 Å². The quantitative estimate of drug-likeness (QED) is 0.861. The number of nitrogens with one attached hydrogen (secondary N) is 1. The second-order valence-corrected chi connectivity index (χ2v) is 6.82. The highest BCUT2D eigenvalue weighted by atomic mass is 16.4. The van der Waals surface area contributed by atoms with E-state index in [9.17, 15) is 19.5 Å². The minimum absolute atomic E-state index is 0.177. The Bertz CT molecular complexity index is 982. The molecule has 0 saturated carbocycles. The predicted molar refractivity (Wildman–Crippen MR) is 100 cm³/mol. The van der Waals surface area contributed by atoms with Gasteiger partial charge in [-0.3, -0.25) is 9.69 Å². The van der Waals surface area contributed by atoms with E-state index in [0.717, 1.165) is 5.56 Å². The number of hydrogen-bond acceptors (Lipinski definition) is 4. The van der Waals surface area contributed by atoms with Crippen molar-refractivity contribution >= 4 is 23.6 Å². The third-order valence-electron chi connectivity index (χ3n) is 5.09. The van der Waals surface area contributed by atoms with E-state index in [1.165, 1.54) is 4.90 Å². The Labute approximate surface area is 161 Å². The maximum absolute atomic E-state index is 13.2. The van der Waals surface area contributed by atoms with Crippen LogP contribution in [0.5, 0.6) is 0 Å². The molecule has 0 saturated heterocycles. The monoisotopic (exact) mass is 376 g/mol. The smallest absolute Gasteiger partial charge is 0.322 e. The Kier molecular flexibility index (Phi) is 4.35.